The number of hydrogen-bond acceptors (Lipinski definition) is 6. The Kier molecular flexibility index (Phi) is 7.46. The van der Waals surface area contributed by atoms with Crippen LogP contribution in [-0.2, 0) is 31.4 Å². The first-order chi connectivity index (χ1) is 12.5. The van der Waals surface area contributed by atoms with E-state index >= 15 is 0 Å². The van der Waals surface area contributed by atoms with Crippen LogP contribution < -0.4 is 10.6 Å². The Balaban J connectivity index is 1.91. The normalized spacial score (nSPS) is 10.5. The van der Waals surface area contributed by atoms with Crippen molar-refractivity contribution in [2.45, 2.75) is 19.2 Å². The molecule has 0 radical (unpaired) electrons. The third-order valence-corrected chi connectivity index (χ3v) is 4.03. The number of fused-ring (bicyclic) bond motifs is 1. The molecule has 0 bridgehead atoms. The first-order valence-corrected chi connectivity index (χ1v) is 9.56. The first-order valence-electron chi connectivity index (χ1n) is 8.17. The molecule has 0 spiro atoms. The van der Waals surface area contributed by atoms with Crippen LogP contribution in [0.25, 0.3) is 11.0 Å². The highest BCUT2D eigenvalue weighted by Gasteiger charge is 2.15. The molecule has 1 heterocycles. The summed E-state index contributed by atoms with van der Waals surface area (Å²) in [6.07, 6.45) is 1.96. The van der Waals surface area contributed by atoms with Crippen LogP contribution in [0.1, 0.15) is 12.7 Å². The second-order valence-corrected chi connectivity index (χ2v) is 6.29. The summed E-state index contributed by atoms with van der Waals surface area (Å²) in [5.41, 5.74) is 1.65. The smallest absolute Gasteiger partial charge is 0.326 e. The molecular weight excluding hydrogens is 356 g/mol. The summed E-state index contributed by atoms with van der Waals surface area (Å²) >= 11 is 1.61. The lowest BCUT2D eigenvalue weighted by atomic mass is 10.3. The average Bonchev–Trinajstić information content (AvgIpc) is 2.96. The Morgan fingerprint density at radius 3 is 2.69 bits per heavy atom. The molecule has 1 aromatic carbocycles. The number of nitrogens with one attached hydrogen (secondary N) is 2. The first kappa shape index (κ1) is 19.8. The number of benzene rings is 1. The number of ether oxygens (including phenoxy) is 1. The van der Waals surface area contributed by atoms with Crippen LogP contribution in [0.5, 0.6) is 0 Å². The molecule has 0 saturated heterocycles. The summed E-state index contributed by atoms with van der Waals surface area (Å²) in [4.78, 5) is 39.6. The van der Waals surface area contributed by atoms with Crippen LogP contribution in [0.4, 0.5) is 0 Å². The third-order valence-electron chi connectivity index (χ3n) is 3.48. The maximum absolute atomic E-state index is 12.1. The molecule has 2 amide bonds. The van der Waals surface area contributed by atoms with Crippen LogP contribution in [0, 0.1) is 0 Å². The van der Waals surface area contributed by atoms with Crippen LogP contribution in [0.3, 0.4) is 0 Å². The molecule has 2 N–H and O–H groups in total. The monoisotopic (exact) mass is 378 g/mol. The number of para-hydroxylation sites is 2. The van der Waals surface area contributed by atoms with Crippen LogP contribution in [0.2, 0.25) is 0 Å². The number of amides is 2. The molecule has 140 valence electrons. The van der Waals surface area contributed by atoms with E-state index in [1.807, 2.05) is 30.5 Å². The van der Waals surface area contributed by atoms with Gasteiger partial charge in [0.2, 0.25) is 5.91 Å². The molecule has 0 atom stereocenters. The standard InChI is InChI=1S/C17H22N4O4S/c1-3-18-15(22)8-19-16(23)10-25-17(24)9-21-13-7-5-4-6-12(13)20-14(21)11-26-2/h4-7H,3,8-11H2,1-2H3,(H,18,22)(H,19,23). The summed E-state index contributed by atoms with van der Waals surface area (Å²) in [5, 5.41) is 4.95. The minimum absolute atomic E-state index is 0.0278. The van der Waals surface area contributed by atoms with E-state index in [0.29, 0.717) is 12.3 Å². The zero-order chi connectivity index (χ0) is 18.9. The number of thioether (sulfide) groups is 1. The summed E-state index contributed by atoms with van der Waals surface area (Å²) in [6.45, 7) is 1.67. The number of hydrogen-bond donors (Lipinski definition) is 2. The SMILES string of the molecule is CCNC(=O)CNC(=O)COC(=O)Cn1c(CSC)nc2ccccc21. The van der Waals surface area contributed by atoms with E-state index in [9.17, 15) is 14.4 Å². The van der Waals surface area contributed by atoms with Crippen LogP contribution >= 0.6 is 11.8 Å². The highest BCUT2D eigenvalue weighted by molar-refractivity contribution is 7.97. The van der Waals surface area contributed by atoms with Crippen molar-refractivity contribution < 1.29 is 19.1 Å². The van der Waals surface area contributed by atoms with E-state index in [1.54, 1.807) is 23.3 Å². The van der Waals surface area contributed by atoms with Crippen molar-refractivity contribution in [2.75, 3.05) is 26.0 Å². The van der Waals surface area contributed by atoms with E-state index in [4.69, 9.17) is 4.74 Å². The van der Waals surface area contributed by atoms with Gasteiger partial charge in [0.1, 0.15) is 12.4 Å². The number of aromatic nitrogens is 2. The van der Waals surface area contributed by atoms with Gasteiger partial charge in [-0.2, -0.15) is 11.8 Å². The van der Waals surface area contributed by atoms with Gasteiger partial charge in [0.25, 0.3) is 5.91 Å². The third kappa shape index (κ3) is 5.48. The quantitative estimate of drug-likeness (QED) is 0.623. The number of rotatable bonds is 9. The van der Waals surface area contributed by atoms with Gasteiger partial charge in [-0.05, 0) is 25.3 Å². The second-order valence-electron chi connectivity index (χ2n) is 5.43. The van der Waals surface area contributed by atoms with Gasteiger partial charge in [-0.3, -0.25) is 14.4 Å². The van der Waals surface area contributed by atoms with Gasteiger partial charge in [-0.1, -0.05) is 12.1 Å². The lowest BCUT2D eigenvalue weighted by Gasteiger charge is -2.09. The van der Waals surface area contributed by atoms with Gasteiger partial charge in [0, 0.05) is 6.54 Å². The molecule has 26 heavy (non-hydrogen) atoms. The lowest BCUT2D eigenvalue weighted by Crippen LogP contribution is -2.38. The van der Waals surface area contributed by atoms with E-state index < -0.39 is 18.5 Å². The number of carbonyl (C=O) groups excluding carboxylic acids is 3. The molecule has 8 nitrogen and oxygen atoms in total. The Morgan fingerprint density at radius 2 is 1.96 bits per heavy atom. The Labute approximate surface area is 155 Å². The minimum Gasteiger partial charge on any atom is -0.454 e. The molecule has 1 aromatic heterocycles. The molecule has 0 saturated carbocycles. The summed E-state index contributed by atoms with van der Waals surface area (Å²) in [7, 11) is 0. The molecule has 0 fully saturated rings. The van der Waals surface area contributed by atoms with Crippen molar-refractivity contribution in [1.82, 2.24) is 20.2 Å². The van der Waals surface area contributed by atoms with E-state index in [0.717, 1.165) is 16.9 Å². The van der Waals surface area contributed by atoms with Crippen molar-refractivity contribution in [3.8, 4) is 0 Å². The van der Waals surface area contributed by atoms with Crippen molar-refractivity contribution in [2.24, 2.45) is 0 Å². The Bertz CT molecular complexity index is 790. The van der Waals surface area contributed by atoms with Gasteiger partial charge < -0.3 is 19.9 Å². The largest absolute Gasteiger partial charge is 0.454 e. The highest BCUT2D eigenvalue weighted by Crippen LogP contribution is 2.19. The Hall–Kier alpha value is -2.55. The fraction of sp³-hybridized carbons (Fsp3) is 0.412. The van der Waals surface area contributed by atoms with E-state index in [-0.39, 0.29) is 19.0 Å². The average molecular weight is 378 g/mol. The van der Waals surface area contributed by atoms with Crippen LogP contribution in [-0.4, -0.2) is 53.3 Å². The molecule has 0 unspecified atom stereocenters. The van der Waals surface area contributed by atoms with Gasteiger partial charge in [0.15, 0.2) is 6.61 Å². The predicted octanol–water partition coefficient (Wildman–Crippen LogP) is 0.695. The molecule has 0 aliphatic heterocycles. The van der Waals surface area contributed by atoms with E-state index in [2.05, 4.69) is 15.6 Å². The molecule has 2 rings (SSSR count). The number of imidazole rings is 1. The minimum atomic E-state index is -0.538. The van der Waals surface area contributed by atoms with E-state index in [1.165, 1.54) is 0 Å². The molecule has 0 aliphatic carbocycles. The lowest BCUT2D eigenvalue weighted by molar-refractivity contribution is -0.149. The summed E-state index contributed by atoms with van der Waals surface area (Å²) in [6, 6.07) is 7.54. The fourth-order valence-electron chi connectivity index (χ4n) is 2.35. The maximum Gasteiger partial charge on any atom is 0.326 e. The molecule has 0 aliphatic rings. The summed E-state index contributed by atoms with van der Waals surface area (Å²) in [5.74, 6) is 0.0813. The maximum atomic E-state index is 12.1. The van der Waals surface area contributed by atoms with Gasteiger partial charge in [0.05, 0.1) is 23.3 Å². The predicted molar refractivity (Wildman–Crippen MR) is 99.6 cm³/mol. The zero-order valence-electron chi connectivity index (χ0n) is 14.8. The molecular formula is C17H22N4O4S. The van der Waals surface area contributed by atoms with Crippen LogP contribution in [0.15, 0.2) is 24.3 Å². The van der Waals surface area contributed by atoms with Crippen molar-refractivity contribution >= 4 is 40.6 Å². The topological polar surface area (TPSA) is 102 Å². The van der Waals surface area contributed by atoms with Gasteiger partial charge in [-0.25, -0.2) is 4.98 Å². The highest BCUT2D eigenvalue weighted by atomic mass is 32.2. The van der Waals surface area contributed by atoms with Gasteiger partial charge in [-0.15, -0.1) is 0 Å². The van der Waals surface area contributed by atoms with Crippen molar-refractivity contribution in [1.29, 1.82) is 0 Å². The van der Waals surface area contributed by atoms with Gasteiger partial charge >= 0.3 is 5.97 Å². The summed E-state index contributed by atoms with van der Waals surface area (Å²) < 4.78 is 6.81. The Morgan fingerprint density at radius 1 is 1.19 bits per heavy atom. The number of carbonyl (C=O) groups is 3. The number of esters is 1. The molecule has 2 aromatic rings. The molecule has 9 heteroatoms. The van der Waals surface area contributed by atoms with Crippen molar-refractivity contribution in [3.63, 3.8) is 0 Å². The number of nitrogens with zero attached hydrogens (tertiary/aromatic N) is 2. The second kappa shape index (κ2) is 9.81. The van der Waals surface area contributed by atoms with Crippen molar-refractivity contribution in [3.05, 3.63) is 30.1 Å². The fourth-order valence-corrected chi connectivity index (χ4v) is 2.83. The number of likely N-dealkylation sites (N-methyl/N-ethyl adjacent to an activating group) is 1. The zero-order valence-corrected chi connectivity index (χ0v) is 15.6.